The number of nitrogens with one attached hydrogen (secondary N) is 1. The first kappa shape index (κ1) is 14.5. The molecule has 1 atom stereocenters. The maximum atomic E-state index is 6.03. The molecule has 0 aromatic heterocycles. The minimum Gasteiger partial charge on any atom is -0.489 e. The van der Waals surface area contributed by atoms with E-state index in [9.17, 15) is 0 Å². The van der Waals surface area contributed by atoms with E-state index in [1.54, 1.807) is 0 Å². The van der Waals surface area contributed by atoms with Gasteiger partial charge in [0.05, 0.1) is 0 Å². The van der Waals surface area contributed by atoms with Crippen molar-refractivity contribution in [2.24, 2.45) is 0 Å². The molecule has 0 unspecified atom stereocenters. The van der Waals surface area contributed by atoms with Crippen LogP contribution in [0.15, 0.2) is 54.6 Å². The molecular formula is C21H23NO. The highest BCUT2D eigenvalue weighted by Crippen LogP contribution is 2.31. The standard InChI is InChI=1S/C21H23NO/c1-3-7-20-16(5-1)6-2-4-8-21(20)17-9-11-18(12-10-17)23-19-13-14-22-15-19/h1,3,5,7-12,19,22H,2,4,6,13-15H2/t19-/m0/s1. The number of hydrogen-bond acceptors (Lipinski definition) is 2. The SMILES string of the molecule is C1=C(c2ccc(O[C@H]3CCNC3)cc2)c2ccccc2CCC1. The topological polar surface area (TPSA) is 21.3 Å². The molecule has 0 saturated carbocycles. The van der Waals surface area contributed by atoms with Crippen molar-refractivity contribution >= 4 is 5.57 Å². The van der Waals surface area contributed by atoms with Crippen LogP contribution >= 0.6 is 0 Å². The second-order valence-electron chi connectivity index (χ2n) is 6.42. The second kappa shape index (κ2) is 6.59. The maximum absolute atomic E-state index is 6.03. The quantitative estimate of drug-likeness (QED) is 0.918. The average Bonchev–Trinajstić information content (AvgIpc) is 3.00. The smallest absolute Gasteiger partial charge is 0.119 e. The number of rotatable bonds is 3. The monoisotopic (exact) mass is 305 g/mol. The fraction of sp³-hybridized carbons (Fsp3) is 0.333. The van der Waals surface area contributed by atoms with Crippen molar-refractivity contribution in [1.29, 1.82) is 0 Å². The van der Waals surface area contributed by atoms with E-state index in [1.165, 1.54) is 35.1 Å². The van der Waals surface area contributed by atoms with E-state index in [1.807, 2.05) is 0 Å². The molecule has 0 spiro atoms. The van der Waals surface area contributed by atoms with Gasteiger partial charge in [0.2, 0.25) is 0 Å². The zero-order valence-corrected chi connectivity index (χ0v) is 13.4. The van der Waals surface area contributed by atoms with Gasteiger partial charge >= 0.3 is 0 Å². The van der Waals surface area contributed by atoms with Crippen LogP contribution in [0, 0.1) is 0 Å². The number of aryl methyl sites for hydroxylation is 1. The highest BCUT2D eigenvalue weighted by atomic mass is 16.5. The van der Waals surface area contributed by atoms with Gasteiger partial charge in [-0.25, -0.2) is 0 Å². The summed E-state index contributed by atoms with van der Waals surface area (Å²) in [5.74, 6) is 0.977. The van der Waals surface area contributed by atoms with Crippen LogP contribution in [-0.4, -0.2) is 19.2 Å². The minimum absolute atomic E-state index is 0.318. The lowest BCUT2D eigenvalue weighted by Crippen LogP contribution is -2.19. The van der Waals surface area contributed by atoms with Gasteiger partial charge in [-0.15, -0.1) is 0 Å². The van der Waals surface area contributed by atoms with Gasteiger partial charge in [0.15, 0.2) is 0 Å². The van der Waals surface area contributed by atoms with Crippen LogP contribution < -0.4 is 10.1 Å². The third-order valence-corrected chi connectivity index (χ3v) is 4.79. The summed E-state index contributed by atoms with van der Waals surface area (Å²) >= 11 is 0. The summed E-state index contributed by atoms with van der Waals surface area (Å²) in [6, 6.07) is 17.4. The molecule has 1 saturated heterocycles. The lowest BCUT2D eigenvalue weighted by atomic mass is 9.94. The Balaban J connectivity index is 1.59. The predicted octanol–water partition coefficient (Wildman–Crippen LogP) is 4.20. The Morgan fingerprint density at radius 2 is 1.87 bits per heavy atom. The first-order chi connectivity index (χ1) is 11.4. The maximum Gasteiger partial charge on any atom is 0.119 e. The van der Waals surface area contributed by atoms with E-state index in [4.69, 9.17) is 4.74 Å². The summed E-state index contributed by atoms with van der Waals surface area (Å²) in [5, 5.41) is 3.34. The third-order valence-electron chi connectivity index (χ3n) is 4.79. The average molecular weight is 305 g/mol. The normalized spacial score (nSPS) is 20.5. The number of fused-ring (bicyclic) bond motifs is 1. The van der Waals surface area contributed by atoms with Crippen LogP contribution in [0.25, 0.3) is 5.57 Å². The van der Waals surface area contributed by atoms with Crippen LogP contribution in [0.5, 0.6) is 5.75 Å². The molecule has 1 N–H and O–H groups in total. The van der Waals surface area contributed by atoms with E-state index in [2.05, 4.69) is 59.9 Å². The molecule has 1 fully saturated rings. The lowest BCUT2D eigenvalue weighted by Gasteiger charge is -2.14. The summed E-state index contributed by atoms with van der Waals surface area (Å²) < 4.78 is 6.03. The van der Waals surface area contributed by atoms with Gasteiger partial charge in [-0.1, -0.05) is 42.5 Å². The molecule has 2 aliphatic rings. The van der Waals surface area contributed by atoms with E-state index in [0.29, 0.717) is 6.10 Å². The molecule has 1 aliphatic carbocycles. The lowest BCUT2D eigenvalue weighted by molar-refractivity contribution is 0.223. The fourth-order valence-corrected chi connectivity index (χ4v) is 3.56. The molecule has 23 heavy (non-hydrogen) atoms. The Morgan fingerprint density at radius 1 is 1.00 bits per heavy atom. The van der Waals surface area contributed by atoms with Crippen molar-refractivity contribution in [1.82, 2.24) is 5.32 Å². The van der Waals surface area contributed by atoms with Gasteiger partial charge in [0, 0.05) is 6.54 Å². The number of benzene rings is 2. The molecular weight excluding hydrogens is 282 g/mol. The Morgan fingerprint density at radius 3 is 2.70 bits per heavy atom. The molecule has 2 heteroatoms. The van der Waals surface area contributed by atoms with Gasteiger partial charge in [0.1, 0.15) is 11.9 Å². The summed E-state index contributed by atoms with van der Waals surface area (Å²) in [5.41, 5.74) is 5.51. The van der Waals surface area contributed by atoms with Gasteiger partial charge in [0.25, 0.3) is 0 Å². The third kappa shape index (κ3) is 3.18. The predicted molar refractivity (Wildman–Crippen MR) is 94.8 cm³/mol. The van der Waals surface area contributed by atoms with Crippen molar-refractivity contribution in [3.05, 3.63) is 71.3 Å². The van der Waals surface area contributed by atoms with Crippen LogP contribution in [0.3, 0.4) is 0 Å². The number of hydrogen-bond donors (Lipinski definition) is 1. The zero-order valence-electron chi connectivity index (χ0n) is 13.4. The molecule has 0 amide bonds. The molecule has 0 bridgehead atoms. The Bertz CT molecular complexity index is 696. The van der Waals surface area contributed by atoms with Gasteiger partial charge in [-0.05, 0) is 66.6 Å². The highest BCUT2D eigenvalue weighted by Gasteiger charge is 2.16. The largest absolute Gasteiger partial charge is 0.489 e. The van der Waals surface area contributed by atoms with Crippen molar-refractivity contribution in [2.45, 2.75) is 31.8 Å². The van der Waals surface area contributed by atoms with Crippen LogP contribution in [0.2, 0.25) is 0 Å². The zero-order chi connectivity index (χ0) is 15.5. The summed E-state index contributed by atoms with van der Waals surface area (Å²) in [7, 11) is 0. The van der Waals surface area contributed by atoms with Gasteiger partial charge in [-0.2, -0.15) is 0 Å². The molecule has 0 radical (unpaired) electrons. The summed E-state index contributed by atoms with van der Waals surface area (Å²) in [6.07, 6.45) is 7.36. The molecule has 1 aliphatic heterocycles. The van der Waals surface area contributed by atoms with Gasteiger partial charge in [-0.3, -0.25) is 0 Å². The van der Waals surface area contributed by atoms with Crippen molar-refractivity contribution in [3.8, 4) is 5.75 Å². The summed E-state index contributed by atoms with van der Waals surface area (Å²) in [4.78, 5) is 0. The van der Waals surface area contributed by atoms with E-state index in [0.717, 1.165) is 31.7 Å². The van der Waals surface area contributed by atoms with Crippen molar-refractivity contribution < 1.29 is 4.74 Å². The Hall–Kier alpha value is -2.06. The van der Waals surface area contributed by atoms with Crippen LogP contribution in [0.4, 0.5) is 0 Å². The molecule has 2 nitrogen and oxygen atoms in total. The van der Waals surface area contributed by atoms with E-state index < -0.39 is 0 Å². The first-order valence-corrected chi connectivity index (χ1v) is 8.66. The molecule has 1 heterocycles. The molecule has 2 aromatic rings. The second-order valence-corrected chi connectivity index (χ2v) is 6.42. The van der Waals surface area contributed by atoms with Crippen LogP contribution in [-0.2, 0) is 6.42 Å². The Kier molecular flexibility index (Phi) is 4.16. The Labute approximate surface area is 138 Å². The van der Waals surface area contributed by atoms with Gasteiger partial charge < -0.3 is 10.1 Å². The van der Waals surface area contributed by atoms with Crippen molar-refractivity contribution in [2.75, 3.05) is 13.1 Å². The van der Waals surface area contributed by atoms with Crippen LogP contribution in [0.1, 0.15) is 36.0 Å². The number of ether oxygens (including phenoxy) is 1. The minimum atomic E-state index is 0.318. The van der Waals surface area contributed by atoms with E-state index in [-0.39, 0.29) is 0 Å². The van der Waals surface area contributed by atoms with E-state index >= 15 is 0 Å². The molecule has 4 rings (SSSR count). The molecule has 2 aromatic carbocycles. The number of allylic oxidation sites excluding steroid dienone is 1. The van der Waals surface area contributed by atoms with Crippen molar-refractivity contribution in [3.63, 3.8) is 0 Å². The fourth-order valence-electron chi connectivity index (χ4n) is 3.56. The highest BCUT2D eigenvalue weighted by molar-refractivity contribution is 5.82. The molecule has 118 valence electrons. The first-order valence-electron chi connectivity index (χ1n) is 8.66. The summed E-state index contributed by atoms with van der Waals surface area (Å²) in [6.45, 7) is 2.02.